The fourth-order valence-corrected chi connectivity index (χ4v) is 1.32. The van der Waals surface area contributed by atoms with Crippen molar-refractivity contribution in [3.8, 4) is 0 Å². The fourth-order valence-electron chi connectivity index (χ4n) is 1.32. The minimum Gasteiger partial charge on any atom is -0.395 e. The highest BCUT2D eigenvalue weighted by Gasteiger charge is 2.32. The van der Waals surface area contributed by atoms with Crippen LogP contribution in [0.4, 0.5) is 18.9 Å². The van der Waals surface area contributed by atoms with E-state index >= 15 is 0 Å². The quantitative estimate of drug-likeness (QED) is 0.818. The lowest BCUT2D eigenvalue weighted by molar-refractivity contribution is -0.138. The smallest absolute Gasteiger partial charge is 0.395 e. The third-order valence-electron chi connectivity index (χ3n) is 2.07. The molecule has 15 heavy (non-hydrogen) atoms. The summed E-state index contributed by atoms with van der Waals surface area (Å²) >= 11 is 0. The number of hydrogen-bond acceptors (Lipinski definition) is 2. The number of alkyl halides is 3. The van der Waals surface area contributed by atoms with Gasteiger partial charge in [0.2, 0.25) is 0 Å². The van der Waals surface area contributed by atoms with E-state index in [4.69, 9.17) is 5.11 Å². The van der Waals surface area contributed by atoms with Crippen molar-refractivity contribution in [2.24, 2.45) is 0 Å². The number of benzene rings is 1. The summed E-state index contributed by atoms with van der Waals surface area (Å²) in [6, 6.07) is 3.94. The van der Waals surface area contributed by atoms with Gasteiger partial charge >= 0.3 is 6.18 Å². The summed E-state index contributed by atoms with van der Waals surface area (Å²) in [6.07, 6.45) is -4.33. The fraction of sp³-hybridized carbons (Fsp3) is 0.400. The number of hydrogen-bond donors (Lipinski definition) is 2. The van der Waals surface area contributed by atoms with Gasteiger partial charge in [0.1, 0.15) is 0 Å². The van der Waals surface area contributed by atoms with E-state index < -0.39 is 11.7 Å². The molecule has 0 aliphatic heterocycles. The van der Waals surface area contributed by atoms with Crippen LogP contribution in [0, 0.1) is 6.92 Å². The van der Waals surface area contributed by atoms with Crippen LogP contribution in [0.2, 0.25) is 0 Å². The Kier molecular flexibility index (Phi) is 3.57. The highest BCUT2D eigenvalue weighted by molar-refractivity contribution is 5.54. The van der Waals surface area contributed by atoms with E-state index in [-0.39, 0.29) is 18.7 Å². The van der Waals surface area contributed by atoms with Crippen molar-refractivity contribution in [1.82, 2.24) is 0 Å². The third-order valence-corrected chi connectivity index (χ3v) is 2.07. The van der Waals surface area contributed by atoms with Crippen LogP contribution in [0.15, 0.2) is 18.2 Å². The largest absolute Gasteiger partial charge is 0.416 e. The number of aliphatic hydroxyl groups is 1. The van der Waals surface area contributed by atoms with Gasteiger partial charge in [-0.05, 0) is 24.6 Å². The molecule has 0 amide bonds. The molecule has 0 aromatic heterocycles. The first-order valence-electron chi connectivity index (χ1n) is 4.48. The lowest BCUT2D eigenvalue weighted by Gasteiger charge is -2.14. The Morgan fingerprint density at radius 2 is 2.00 bits per heavy atom. The van der Waals surface area contributed by atoms with E-state index in [0.29, 0.717) is 5.69 Å². The standard InChI is InChI=1S/C10H12F3NO/c1-7-8(10(11,12)13)3-2-4-9(7)14-5-6-15/h2-4,14-15H,5-6H2,1H3. The topological polar surface area (TPSA) is 32.3 Å². The van der Waals surface area contributed by atoms with Crippen LogP contribution in [0.5, 0.6) is 0 Å². The summed E-state index contributed by atoms with van der Waals surface area (Å²) in [5, 5.41) is 11.3. The molecule has 0 fully saturated rings. The van der Waals surface area contributed by atoms with Gasteiger partial charge in [0.05, 0.1) is 12.2 Å². The maximum Gasteiger partial charge on any atom is 0.416 e. The van der Waals surface area contributed by atoms with Gasteiger partial charge in [-0.1, -0.05) is 6.07 Å². The Morgan fingerprint density at radius 3 is 2.53 bits per heavy atom. The van der Waals surface area contributed by atoms with Gasteiger partial charge in [0.15, 0.2) is 0 Å². The van der Waals surface area contributed by atoms with Gasteiger partial charge in [-0.25, -0.2) is 0 Å². The molecule has 1 aromatic rings. The van der Waals surface area contributed by atoms with Crippen molar-refractivity contribution < 1.29 is 18.3 Å². The normalized spacial score (nSPS) is 11.5. The molecule has 0 bridgehead atoms. The lowest BCUT2D eigenvalue weighted by Crippen LogP contribution is -2.11. The van der Waals surface area contributed by atoms with Crippen molar-refractivity contribution >= 4 is 5.69 Å². The molecule has 2 N–H and O–H groups in total. The average molecular weight is 219 g/mol. The molecule has 0 radical (unpaired) electrons. The van der Waals surface area contributed by atoms with E-state index in [0.717, 1.165) is 6.07 Å². The van der Waals surface area contributed by atoms with E-state index in [1.54, 1.807) is 6.07 Å². The Morgan fingerprint density at radius 1 is 1.33 bits per heavy atom. The third kappa shape index (κ3) is 2.86. The predicted molar refractivity (Wildman–Crippen MR) is 51.8 cm³/mol. The Hall–Kier alpha value is -1.23. The highest BCUT2D eigenvalue weighted by atomic mass is 19.4. The molecule has 2 nitrogen and oxygen atoms in total. The van der Waals surface area contributed by atoms with Crippen LogP contribution in [0.3, 0.4) is 0 Å². The van der Waals surface area contributed by atoms with Gasteiger partial charge in [-0.3, -0.25) is 0 Å². The molecule has 0 saturated heterocycles. The maximum atomic E-state index is 12.5. The van der Waals surface area contributed by atoms with Crippen LogP contribution in [-0.2, 0) is 6.18 Å². The van der Waals surface area contributed by atoms with E-state index in [1.165, 1.54) is 13.0 Å². The van der Waals surface area contributed by atoms with E-state index in [9.17, 15) is 13.2 Å². The summed E-state index contributed by atoms with van der Waals surface area (Å²) < 4.78 is 37.4. The van der Waals surface area contributed by atoms with Crippen molar-refractivity contribution in [3.63, 3.8) is 0 Å². The van der Waals surface area contributed by atoms with Crippen LogP contribution in [0.25, 0.3) is 0 Å². The maximum absolute atomic E-state index is 12.5. The molecule has 0 aliphatic carbocycles. The van der Waals surface area contributed by atoms with Gasteiger partial charge in [-0.15, -0.1) is 0 Å². The summed E-state index contributed by atoms with van der Waals surface area (Å²) in [4.78, 5) is 0. The van der Waals surface area contributed by atoms with Gasteiger partial charge in [0.25, 0.3) is 0 Å². The number of aliphatic hydroxyl groups excluding tert-OH is 1. The zero-order chi connectivity index (χ0) is 11.5. The van der Waals surface area contributed by atoms with Crippen LogP contribution < -0.4 is 5.32 Å². The van der Waals surface area contributed by atoms with Crippen molar-refractivity contribution in [1.29, 1.82) is 0 Å². The molecular weight excluding hydrogens is 207 g/mol. The molecule has 1 aromatic carbocycles. The summed E-state index contributed by atoms with van der Waals surface area (Å²) in [5.41, 5.74) is -0.0947. The first-order valence-corrected chi connectivity index (χ1v) is 4.48. The van der Waals surface area contributed by atoms with Crippen molar-refractivity contribution in [2.45, 2.75) is 13.1 Å². The highest BCUT2D eigenvalue weighted by Crippen LogP contribution is 2.34. The molecule has 0 saturated carbocycles. The summed E-state index contributed by atoms with van der Waals surface area (Å²) in [6.45, 7) is 1.53. The molecule has 0 atom stereocenters. The Balaban J connectivity index is 3.01. The van der Waals surface area contributed by atoms with E-state index in [2.05, 4.69) is 5.32 Å². The minimum atomic E-state index is -4.33. The number of halogens is 3. The van der Waals surface area contributed by atoms with Gasteiger partial charge in [-0.2, -0.15) is 13.2 Å². The van der Waals surface area contributed by atoms with Gasteiger partial charge in [0, 0.05) is 12.2 Å². The van der Waals surface area contributed by atoms with E-state index in [1.807, 2.05) is 0 Å². The van der Waals surface area contributed by atoms with Crippen molar-refractivity contribution in [3.05, 3.63) is 29.3 Å². The molecule has 0 spiro atoms. The van der Waals surface area contributed by atoms with Crippen LogP contribution in [-0.4, -0.2) is 18.3 Å². The second kappa shape index (κ2) is 4.53. The Bertz CT molecular complexity index is 336. The SMILES string of the molecule is Cc1c(NCCO)cccc1C(F)(F)F. The van der Waals surface area contributed by atoms with Crippen molar-refractivity contribution in [2.75, 3.05) is 18.5 Å². The molecule has 0 heterocycles. The first kappa shape index (κ1) is 11.8. The minimum absolute atomic E-state index is 0.115. The first-order chi connectivity index (χ1) is 6.96. The Labute approximate surface area is 85.7 Å². The monoisotopic (exact) mass is 219 g/mol. The second-order valence-corrected chi connectivity index (χ2v) is 3.13. The summed E-state index contributed by atoms with van der Waals surface area (Å²) in [5.74, 6) is 0. The molecular formula is C10H12F3NO. The number of rotatable bonds is 3. The summed E-state index contributed by atoms with van der Waals surface area (Å²) in [7, 11) is 0. The lowest BCUT2D eigenvalue weighted by atomic mass is 10.1. The average Bonchev–Trinajstić information content (AvgIpc) is 2.14. The molecule has 0 aliphatic rings. The number of nitrogens with one attached hydrogen (secondary N) is 1. The predicted octanol–water partition coefficient (Wildman–Crippen LogP) is 2.42. The molecule has 84 valence electrons. The van der Waals surface area contributed by atoms with Gasteiger partial charge < -0.3 is 10.4 Å². The zero-order valence-corrected chi connectivity index (χ0v) is 8.23. The molecule has 1 rings (SSSR count). The molecule has 0 unspecified atom stereocenters. The molecule has 5 heteroatoms. The number of anilines is 1. The zero-order valence-electron chi connectivity index (χ0n) is 8.23. The second-order valence-electron chi connectivity index (χ2n) is 3.13. The van der Waals surface area contributed by atoms with Crippen LogP contribution in [0.1, 0.15) is 11.1 Å². The van der Waals surface area contributed by atoms with Crippen LogP contribution >= 0.6 is 0 Å².